The molecule has 0 spiro atoms. The van der Waals surface area contributed by atoms with Gasteiger partial charge in [-0.05, 0) is 19.3 Å². The molecule has 1 heterocycles. The van der Waals surface area contributed by atoms with E-state index in [1.165, 1.54) is 0 Å². The van der Waals surface area contributed by atoms with Gasteiger partial charge < -0.3 is 5.32 Å². The number of hydrogen-bond acceptors (Lipinski definition) is 3. The molecule has 1 aromatic heterocycles. The maximum absolute atomic E-state index is 12.0. The maximum Gasteiger partial charge on any atom is 0.291 e. The number of aryl methyl sites for hydroxylation is 1. The molecule has 0 saturated carbocycles. The number of rotatable bonds is 7. The van der Waals surface area contributed by atoms with Crippen molar-refractivity contribution in [2.24, 2.45) is 5.92 Å². The standard InChI is InChI=1S/C13H24N4O/c1-5-8-11-15-12(17-16-11)13(18)14-9(4)10(6-2)7-3/h9-10H,5-8H2,1-4H3,(H,14,18)(H,15,16,17). The van der Waals surface area contributed by atoms with E-state index in [0.717, 1.165) is 31.5 Å². The van der Waals surface area contributed by atoms with Crippen LogP contribution >= 0.6 is 0 Å². The van der Waals surface area contributed by atoms with Gasteiger partial charge in [-0.15, -0.1) is 5.10 Å². The molecule has 0 radical (unpaired) electrons. The Kier molecular flexibility index (Phi) is 5.82. The van der Waals surface area contributed by atoms with Gasteiger partial charge in [0.25, 0.3) is 5.91 Å². The lowest BCUT2D eigenvalue weighted by molar-refractivity contribution is 0.0915. The summed E-state index contributed by atoms with van der Waals surface area (Å²) in [5.74, 6) is 1.34. The van der Waals surface area contributed by atoms with Gasteiger partial charge in [0.15, 0.2) is 0 Å². The van der Waals surface area contributed by atoms with Crippen LogP contribution in [0.4, 0.5) is 0 Å². The fourth-order valence-electron chi connectivity index (χ4n) is 2.13. The van der Waals surface area contributed by atoms with E-state index in [-0.39, 0.29) is 17.8 Å². The number of nitrogens with one attached hydrogen (secondary N) is 2. The number of carbonyl (C=O) groups is 1. The van der Waals surface area contributed by atoms with Crippen molar-refractivity contribution in [3.63, 3.8) is 0 Å². The molecule has 18 heavy (non-hydrogen) atoms. The summed E-state index contributed by atoms with van der Waals surface area (Å²) >= 11 is 0. The third-order valence-corrected chi connectivity index (χ3v) is 3.34. The Morgan fingerprint density at radius 2 is 2.00 bits per heavy atom. The lowest BCUT2D eigenvalue weighted by atomic mass is 9.95. The summed E-state index contributed by atoms with van der Waals surface area (Å²) in [6.07, 6.45) is 3.93. The number of nitrogens with zero attached hydrogens (tertiary/aromatic N) is 2. The zero-order chi connectivity index (χ0) is 13.5. The van der Waals surface area contributed by atoms with Gasteiger partial charge in [-0.1, -0.05) is 33.6 Å². The second-order valence-electron chi connectivity index (χ2n) is 4.69. The first-order valence-corrected chi connectivity index (χ1v) is 6.84. The first-order chi connectivity index (χ1) is 8.62. The third-order valence-electron chi connectivity index (χ3n) is 3.34. The minimum absolute atomic E-state index is 0.153. The first kappa shape index (κ1) is 14.7. The Morgan fingerprint density at radius 3 is 2.56 bits per heavy atom. The Bertz CT molecular complexity index is 371. The molecular weight excluding hydrogens is 228 g/mol. The normalized spacial score (nSPS) is 12.7. The van der Waals surface area contributed by atoms with Gasteiger partial charge >= 0.3 is 0 Å². The van der Waals surface area contributed by atoms with Crippen LogP contribution in [0.15, 0.2) is 0 Å². The molecule has 5 heteroatoms. The Hall–Kier alpha value is -1.39. The number of amides is 1. The van der Waals surface area contributed by atoms with Crippen LogP contribution in [0.3, 0.4) is 0 Å². The Morgan fingerprint density at radius 1 is 1.33 bits per heavy atom. The molecule has 0 bridgehead atoms. The predicted molar refractivity (Wildman–Crippen MR) is 71.4 cm³/mol. The van der Waals surface area contributed by atoms with Gasteiger partial charge in [0.05, 0.1) is 0 Å². The summed E-state index contributed by atoms with van der Waals surface area (Å²) in [6, 6.07) is 0.153. The molecule has 102 valence electrons. The van der Waals surface area contributed by atoms with Gasteiger partial charge in [0, 0.05) is 12.5 Å². The third kappa shape index (κ3) is 3.82. The van der Waals surface area contributed by atoms with Gasteiger partial charge in [-0.3, -0.25) is 9.89 Å². The number of aromatic nitrogens is 3. The van der Waals surface area contributed by atoms with Crippen molar-refractivity contribution in [1.29, 1.82) is 0 Å². The van der Waals surface area contributed by atoms with Crippen LogP contribution in [0.2, 0.25) is 0 Å². The summed E-state index contributed by atoms with van der Waals surface area (Å²) in [5, 5.41) is 9.72. The van der Waals surface area contributed by atoms with Crippen molar-refractivity contribution in [2.75, 3.05) is 0 Å². The maximum atomic E-state index is 12.0. The van der Waals surface area contributed by atoms with Gasteiger partial charge in [-0.25, -0.2) is 4.98 Å². The zero-order valence-corrected chi connectivity index (χ0v) is 11.8. The molecule has 0 saturated heterocycles. The molecule has 1 atom stereocenters. The highest BCUT2D eigenvalue weighted by molar-refractivity contribution is 5.90. The van der Waals surface area contributed by atoms with Gasteiger partial charge in [0.1, 0.15) is 5.82 Å². The lowest BCUT2D eigenvalue weighted by Gasteiger charge is -2.21. The molecule has 1 amide bonds. The van der Waals surface area contributed by atoms with Crippen molar-refractivity contribution in [1.82, 2.24) is 20.5 Å². The van der Waals surface area contributed by atoms with E-state index in [1.54, 1.807) is 0 Å². The largest absolute Gasteiger partial charge is 0.347 e. The highest BCUT2D eigenvalue weighted by Crippen LogP contribution is 2.12. The molecule has 5 nitrogen and oxygen atoms in total. The molecule has 1 rings (SSSR count). The molecule has 0 aliphatic rings. The van der Waals surface area contributed by atoms with Crippen molar-refractivity contribution in [3.8, 4) is 0 Å². The molecule has 1 unspecified atom stereocenters. The minimum Gasteiger partial charge on any atom is -0.347 e. The summed E-state index contributed by atoms with van der Waals surface area (Å²) in [4.78, 5) is 16.1. The SMILES string of the molecule is CCCc1nc(C(=O)NC(C)C(CC)CC)n[nH]1. The molecule has 2 N–H and O–H groups in total. The molecule has 1 aromatic rings. The number of hydrogen-bond donors (Lipinski definition) is 2. The summed E-state index contributed by atoms with van der Waals surface area (Å²) in [5.41, 5.74) is 0. The van der Waals surface area contributed by atoms with E-state index in [0.29, 0.717) is 5.92 Å². The summed E-state index contributed by atoms with van der Waals surface area (Å²) in [6.45, 7) is 8.39. The molecule has 0 aliphatic carbocycles. The van der Waals surface area contributed by atoms with Crippen molar-refractivity contribution in [3.05, 3.63) is 11.6 Å². The van der Waals surface area contributed by atoms with Crippen LogP contribution in [0.25, 0.3) is 0 Å². The minimum atomic E-state index is -0.187. The van der Waals surface area contributed by atoms with E-state index in [2.05, 4.69) is 41.3 Å². The average molecular weight is 252 g/mol. The van der Waals surface area contributed by atoms with E-state index in [4.69, 9.17) is 0 Å². The van der Waals surface area contributed by atoms with E-state index in [9.17, 15) is 4.79 Å². The fraction of sp³-hybridized carbons (Fsp3) is 0.769. The number of carbonyl (C=O) groups excluding carboxylic acids is 1. The van der Waals surface area contributed by atoms with E-state index in [1.807, 2.05) is 6.92 Å². The number of aromatic amines is 1. The second-order valence-corrected chi connectivity index (χ2v) is 4.69. The molecule has 0 aliphatic heterocycles. The highest BCUT2D eigenvalue weighted by Gasteiger charge is 2.19. The van der Waals surface area contributed by atoms with Crippen LogP contribution in [0, 0.1) is 5.92 Å². The summed E-state index contributed by atoms with van der Waals surface area (Å²) < 4.78 is 0. The van der Waals surface area contributed by atoms with Crippen LogP contribution in [-0.2, 0) is 6.42 Å². The smallest absolute Gasteiger partial charge is 0.291 e. The van der Waals surface area contributed by atoms with Crippen LogP contribution in [0.5, 0.6) is 0 Å². The van der Waals surface area contributed by atoms with Crippen molar-refractivity contribution in [2.45, 2.75) is 59.4 Å². The van der Waals surface area contributed by atoms with Gasteiger partial charge in [-0.2, -0.15) is 0 Å². The van der Waals surface area contributed by atoms with Crippen LogP contribution < -0.4 is 5.32 Å². The first-order valence-electron chi connectivity index (χ1n) is 6.84. The summed E-state index contributed by atoms with van der Waals surface area (Å²) in [7, 11) is 0. The van der Waals surface area contributed by atoms with Crippen LogP contribution in [-0.4, -0.2) is 27.1 Å². The fourth-order valence-corrected chi connectivity index (χ4v) is 2.13. The van der Waals surface area contributed by atoms with Crippen molar-refractivity contribution >= 4 is 5.91 Å². The predicted octanol–water partition coefficient (Wildman–Crippen LogP) is 2.31. The average Bonchev–Trinajstić information content (AvgIpc) is 2.79. The lowest BCUT2D eigenvalue weighted by Crippen LogP contribution is -2.38. The topological polar surface area (TPSA) is 70.7 Å². The monoisotopic (exact) mass is 252 g/mol. The zero-order valence-electron chi connectivity index (χ0n) is 11.8. The van der Waals surface area contributed by atoms with E-state index >= 15 is 0 Å². The molecule has 0 fully saturated rings. The molecule has 0 aromatic carbocycles. The quantitative estimate of drug-likeness (QED) is 0.782. The number of H-pyrrole nitrogens is 1. The molecular formula is C13H24N4O. The van der Waals surface area contributed by atoms with Crippen molar-refractivity contribution < 1.29 is 4.79 Å². The van der Waals surface area contributed by atoms with Crippen LogP contribution in [0.1, 0.15) is 63.4 Å². The Balaban J connectivity index is 2.58. The van der Waals surface area contributed by atoms with E-state index < -0.39 is 0 Å². The highest BCUT2D eigenvalue weighted by atomic mass is 16.2. The van der Waals surface area contributed by atoms with Gasteiger partial charge in [0.2, 0.25) is 5.82 Å². The Labute approximate surface area is 109 Å². The second kappa shape index (κ2) is 7.13.